The molecule has 0 aliphatic carbocycles. The molecule has 2 N–H and O–H groups in total. The minimum atomic E-state index is -0.452. The fourth-order valence-corrected chi connectivity index (χ4v) is 6.50. The summed E-state index contributed by atoms with van der Waals surface area (Å²) >= 11 is 1.60. The van der Waals surface area contributed by atoms with Crippen molar-refractivity contribution in [2.75, 3.05) is 61.6 Å². The third-order valence-electron chi connectivity index (χ3n) is 7.76. The summed E-state index contributed by atoms with van der Waals surface area (Å²) in [5.41, 5.74) is 3.58. The van der Waals surface area contributed by atoms with Gasteiger partial charge < -0.3 is 30.2 Å². The number of benzene rings is 2. The van der Waals surface area contributed by atoms with Gasteiger partial charge >= 0.3 is 6.03 Å². The molecule has 212 valence electrons. The Morgan fingerprint density at radius 1 is 1.05 bits per heavy atom. The van der Waals surface area contributed by atoms with E-state index in [0.29, 0.717) is 48.2 Å². The maximum atomic E-state index is 13.5. The van der Waals surface area contributed by atoms with Gasteiger partial charge in [0.25, 0.3) is 5.91 Å². The lowest BCUT2D eigenvalue weighted by molar-refractivity contribution is -0.134. The van der Waals surface area contributed by atoms with E-state index in [1.54, 1.807) is 33.7 Å². The van der Waals surface area contributed by atoms with Crippen molar-refractivity contribution in [3.05, 3.63) is 59.2 Å². The lowest BCUT2D eigenvalue weighted by Crippen LogP contribution is -2.52. The molecule has 2 saturated heterocycles. The van der Waals surface area contributed by atoms with Gasteiger partial charge in [0.2, 0.25) is 11.8 Å². The first kappa shape index (κ1) is 28.0. The number of aryl methyl sites for hydroxylation is 1. The van der Waals surface area contributed by atoms with E-state index in [-0.39, 0.29) is 30.2 Å². The third kappa shape index (κ3) is 6.10. The van der Waals surface area contributed by atoms with Crippen molar-refractivity contribution in [1.82, 2.24) is 20.0 Å². The molecule has 3 heterocycles. The van der Waals surface area contributed by atoms with Crippen LogP contribution >= 0.6 is 11.8 Å². The van der Waals surface area contributed by atoms with Gasteiger partial charge in [0, 0.05) is 50.5 Å². The number of amides is 5. The molecule has 11 heteroatoms. The summed E-state index contributed by atoms with van der Waals surface area (Å²) in [7, 11) is 2.07. The number of nitrogens with zero attached hydrogens (tertiary/aromatic N) is 4. The zero-order chi connectivity index (χ0) is 28.2. The minimum absolute atomic E-state index is 0.0292. The summed E-state index contributed by atoms with van der Waals surface area (Å²) in [5.74, 6) is 0.815. The van der Waals surface area contributed by atoms with Gasteiger partial charge in [-0.05, 0) is 62.3 Å². The summed E-state index contributed by atoms with van der Waals surface area (Å²) in [5, 5.41) is 5.84. The first-order chi connectivity index (χ1) is 19.3. The minimum Gasteiger partial charge on any atom is -0.340 e. The van der Waals surface area contributed by atoms with E-state index in [0.717, 1.165) is 37.2 Å². The van der Waals surface area contributed by atoms with Gasteiger partial charge in [0.15, 0.2) is 0 Å². The van der Waals surface area contributed by atoms with Gasteiger partial charge in [0.05, 0.1) is 17.3 Å². The summed E-state index contributed by atoms with van der Waals surface area (Å²) in [6, 6.07) is 12.0. The Kier molecular flexibility index (Phi) is 8.60. The van der Waals surface area contributed by atoms with Crippen LogP contribution in [0.15, 0.2) is 42.5 Å². The average molecular weight is 565 g/mol. The van der Waals surface area contributed by atoms with Crippen LogP contribution in [0.2, 0.25) is 0 Å². The number of likely N-dealkylation sites (N-methyl/N-ethyl adjacent to an activating group) is 1. The number of urea groups is 1. The molecular formula is C29H36N6O4S. The molecule has 2 aromatic rings. The normalized spacial score (nSPS) is 19.9. The van der Waals surface area contributed by atoms with E-state index < -0.39 is 6.04 Å². The molecule has 0 spiro atoms. The van der Waals surface area contributed by atoms with Crippen LogP contribution in [-0.4, -0.2) is 95.9 Å². The summed E-state index contributed by atoms with van der Waals surface area (Å²) in [6.45, 7) is 5.72. The molecule has 2 fully saturated rings. The van der Waals surface area contributed by atoms with Crippen molar-refractivity contribution in [3.8, 4) is 0 Å². The zero-order valence-electron chi connectivity index (χ0n) is 23.0. The topological polar surface area (TPSA) is 105 Å². The predicted octanol–water partition coefficient (Wildman–Crippen LogP) is 2.73. The molecule has 0 radical (unpaired) electrons. The standard InChI is InChI=1S/C29H36N6O4S/c1-20-16-21(27(37)34-13-10-26(36)31-23-6-3-4-7-24(23)34)8-9-22(20)17-30-29(39)35-19-40-18-25(35)28(38)33-12-5-11-32(2)14-15-33/h3-4,6-9,16,25H,5,10-15,17-19H2,1-2H3,(H,30,39)(H,31,36)/t25-/m0/s1. The largest absolute Gasteiger partial charge is 0.340 e. The molecule has 10 nitrogen and oxygen atoms in total. The van der Waals surface area contributed by atoms with E-state index in [4.69, 9.17) is 0 Å². The molecular weight excluding hydrogens is 528 g/mol. The lowest BCUT2D eigenvalue weighted by atomic mass is 10.0. The molecule has 3 aliphatic heterocycles. The second kappa shape index (κ2) is 12.3. The van der Waals surface area contributed by atoms with Gasteiger partial charge in [-0.3, -0.25) is 14.4 Å². The second-order valence-corrected chi connectivity index (χ2v) is 11.5. The molecule has 3 aliphatic rings. The van der Waals surface area contributed by atoms with Crippen LogP contribution in [0.25, 0.3) is 0 Å². The van der Waals surface area contributed by atoms with Crippen molar-refractivity contribution >= 4 is 46.9 Å². The maximum absolute atomic E-state index is 13.5. The highest BCUT2D eigenvalue weighted by atomic mass is 32.2. The number of thioether (sulfide) groups is 1. The van der Waals surface area contributed by atoms with Crippen molar-refractivity contribution < 1.29 is 19.2 Å². The molecule has 0 aromatic heterocycles. The molecule has 40 heavy (non-hydrogen) atoms. The molecule has 5 rings (SSSR count). The Balaban J connectivity index is 1.22. The number of carbonyl (C=O) groups excluding carboxylic acids is 4. The number of hydrogen-bond acceptors (Lipinski definition) is 6. The smallest absolute Gasteiger partial charge is 0.319 e. The first-order valence-electron chi connectivity index (χ1n) is 13.7. The van der Waals surface area contributed by atoms with Crippen LogP contribution in [0.4, 0.5) is 16.2 Å². The van der Waals surface area contributed by atoms with Crippen LogP contribution in [0.3, 0.4) is 0 Å². The van der Waals surface area contributed by atoms with Crippen molar-refractivity contribution in [2.45, 2.75) is 32.4 Å². The fourth-order valence-electron chi connectivity index (χ4n) is 5.35. The summed E-state index contributed by atoms with van der Waals surface area (Å²) in [6.07, 6.45) is 1.15. The summed E-state index contributed by atoms with van der Waals surface area (Å²) < 4.78 is 0. The van der Waals surface area contributed by atoms with Crippen molar-refractivity contribution in [3.63, 3.8) is 0 Å². The number of fused-ring (bicyclic) bond motifs is 1. The van der Waals surface area contributed by atoms with Crippen LogP contribution in [-0.2, 0) is 16.1 Å². The van der Waals surface area contributed by atoms with Crippen molar-refractivity contribution in [1.29, 1.82) is 0 Å². The van der Waals surface area contributed by atoms with Crippen LogP contribution in [0, 0.1) is 6.92 Å². The Labute approximate surface area is 239 Å². The van der Waals surface area contributed by atoms with Gasteiger partial charge in [0.1, 0.15) is 6.04 Å². The lowest BCUT2D eigenvalue weighted by Gasteiger charge is -2.29. The molecule has 2 aromatic carbocycles. The number of hydrogen-bond donors (Lipinski definition) is 2. The highest BCUT2D eigenvalue weighted by Gasteiger charge is 2.37. The quantitative estimate of drug-likeness (QED) is 0.592. The number of para-hydroxylation sites is 2. The Bertz CT molecular complexity index is 1300. The average Bonchev–Trinajstić information content (AvgIpc) is 3.25. The van der Waals surface area contributed by atoms with E-state index in [2.05, 4.69) is 22.6 Å². The van der Waals surface area contributed by atoms with Crippen LogP contribution in [0.5, 0.6) is 0 Å². The monoisotopic (exact) mass is 564 g/mol. The van der Waals surface area contributed by atoms with E-state index in [1.807, 2.05) is 42.2 Å². The predicted molar refractivity (Wildman–Crippen MR) is 156 cm³/mol. The van der Waals surface area contributed by atoms with Gasteiger partial charge in [-0.25, -0.2) is 4.79 Å². The number of nitrogens with one attached hydrogen (secondary N) is 2. The molecule has 5 amide bonds. The third-order valence-corrected chi connectivity index (χ3v) is 8.77. The Morgan fingerprint density at radius 2 is 1.88 bits per heavy atom. The second-order valence-electron chi connectivity index (χ2n) is 10.5. The van der Waals surface area contributed by atoms with Gasteiger partial charge in [-0.2, -0.15) is 0 Å². The highest BCUT2D eigenvalue weighted by Crippen LogP contribution is 2.30. The van der Waals surface area contributed by atoms with Crippen molar-refractivity contribution in [2.24, 2.45) is 0 Å². The number of carbonyl (C=O) groups is 4. The van der Waals surface area contributed by atoms with Gasteiger partial charge in [-0.15, -0.1) is 11.8 Å². The fraction of sp³-hybridized carbons (Fsp3) is 0.448. The first-order valence-corrected chi connectivity index (χ1v) is 14.9. The van der Waals surface area contributed by atoms with E-state index >= 15 is 0 Å². The molecule has 1 atom stereocenters. The van der Waals surface area contributed by atoms with E-state index in [1.165, 1.54) is 0 Å². The van der Waals surface area contributed by atoms with Crippen LogP contribution < -0.4 is 15.5 Å². The van der Waals surface area contributed by atoms with Gasteiger partial charge in [-0.1, -0.05) is 18.2 Å². The maximum Gasteiger partial charge on any atom is 0.319 e. The molecule has 0 saturated carbocycles. The molecule has 0 bridgehead atoms. The number of rotatable bonds is 4. The SMILES string of the molecule is Cc1cc(C(=O)N2CCC(=O)Nc3ccccc32)ccc1CNC(=O)N1CSC[C@H]1C(=O)N1CCCN(C)CC1. The number of anilines is 2. The molecule has 0 unspecified atom stereocenters. The summed E-state index contributed by atoms with van der Waals surface area (Å²) in [4.78, 5) is 59.4. The Morgan fingerprint density at radius 3 is 2.70 bits per heavy atom. The van der Waals surface area contributed by atoms with E-state index in [9.17, 15) is 19.2 Å². The Hall–Kier alpha value is -3.57. The van der Waals surface area contributed by atoms with Crippen LogP contribution in [0.1, 0.15) is 34.3 Å². The highest BCUT2D eigenvalue weighted by molar-refractivity contribution is 7.99. The zero-order valence-corrected chi connectivity index (χ0v) is 23.8.